The predicted octanol–water partition coefficient (Wildman–Crippen LogP) is -1.62. The van der Waals surface area contributed by atoms with Crippen LogP contribution in [-0.4, -0.2) is 93.4 Å². The summed E-state index contributed by atoms with van der Waals surface area (Å²) in [6.45, 7) is -0.370. The molecule has 1 atom stereocenters. The smallest absolute Gasteiger partial charge is 0.321 e. The van der Waals surface area contributed by atoms with Gasteiger partial charge >= 0.3 is 17.9 Å². The van der Waals surface area contributed by atoms with E-state index < -0.39 is 23.9 Å². The van der Waals surface area contributed by atoms with Crippen LogP contribution in [0.15, 0.2) is 0 Å². The average molecular weight is 317 g/mol. The van der Waals surface area contributed by atoms with Gasteiger partial charge in [0.05, 0.1) is 33.1 Å². The van der Waals surface area contributed by atoms with Crippen molar-refractivity contribution in [3.8, 4) is 0 Å². The molecule has 22 heavy (non-hydrogen) atoms. The maximum atomic E-state index is 11.3. The number of carboxylic acid groups (broad SMARTS) is 3. The second-order valence-corrected chi connectivity index (χ2v) is 5.06. The minimum atomic E-state index is -1.13. The Bertz CT molecular complexity index is 418. The number of aliphatic carboxylic acids is 3. The largest absolute Gasteiger partial charge is 0.480 e. The van der Waals surface area contributed by atoms with Crippen LogP contribution in [0.4, 0.5) is 0 Å². The molecular weight excluding hydrogens is 298 g/mol. The minimum Gasteiger partial charge on any atom is -0.480 e. The molecule has 0 aromatic rings. The Balaban J connectivity index is 2.83. The van der Waals surface area contributed by atoms with Crippen LogP contribution in [-0.2, 0) is 19.2 Å². The van der Waals surface area contributed by atoms with Gasteiger partial charge in [-0.1, -0.05) is 0 Å². The molecule has 124 valence electrons. The van der Waals surface area contributed by atoms with E-state index in [0.29, 0.717) is 6.29 Å². The van der Waals surface area contributed by atoms with Crippen LogP contribution in [0.25, 0.3) is 0 Å². The molecule has 0 aliphatic carbocycles. The number of hydrogen-bond donors (Lipinski definition) is 3. The van der Waals surface area contributed by atoms with E-state index in [1.54, 1.807) is 0 Å². The van der Waals surface area contributed by atoms with Crippen LogP contribution in [0.1, 0.15) is 12.8 Å². The summed E-state index contributed by atoms with van der Waals surface area (Å²) >= 11 is 0. The molecule has 0 aromatic heterocycles. The summed E-state index contributed by atoms with van der Waals surface area (Å²) in [7, 11) is 0. The Kier molecular flexibility index (Phi) is 6.89. The fraction of sp³-hybridized carbons (Fsp3) is 0.667. The van der Waals surface area contributed by atoms with E-state index in [4.69, 9.17) is 10.2 Å². The third kappa shape index (κ3) is 5.76. The zero-order chi connectivity index (χ0) is 16.7. The normalized spacial score (nSPS) is 18.7. The van der Waals surface area contributed by atoms with E-state index in [0.717, 1.165) is 0 Å². The molecule has 1 saturated heterocycles. The van der Waals surface area contributed by atoms with Gasteiger partial charge in [0, 0.05) is 6.42 Å². The van der Waals surface area contributed by atoms with E-state index in [2.05, 4.69) is 0 Å². The van der Waals surface area contributed by atoms with E-state index in [1.165, 1.54) is 14.7 Å². The zero-order valence-electron chi connectivity index (χ0n) is 11.9. The maximum Gasteiger partial charge on any atom is 0.321 e. The topological polar surface area (TPSA) is 139 Å². The molecule has 3 N–H and O–H groups in total. The van der Waals surface area contributed by atoms with Crippen molar-refractivity contribution in [1.82, 2.24) is 14.7 Å². The molecule has 10 nitrogen and oxygen atoms in total. The summed E-state index contributed by atoms with van der Waals surface area (Å²) < 4.78 is 0. The Morgan fingerprint density at radius 2 is 1.45 bits per heavy atom. The van der Waals surface area contributed by atoms with Gasteiger partial charge in [0.2, 0.25) is 0 Å². The second kappa shape index (κ2) is 8.41. The first-order valence-corrected chi connectivity index (χ1v) is 6.62. The Morgan fingerprint density at radius 1 is 0.955 bits per heavy atom. The molecule has 0 amide bonds. The quantitative estimate of drug-likeness (QED) is 0.425. The summed E-state index contributed by atoms with van der Waals surface area (Å²) in [5.74, 6) is -3.30. The number of carbonyl (C=O) groups is 4. The molecule has 1 heterocycles. The lowest BCUT2D eigenvalue weighted by Crippen LogP contribution is -2.60. The van der Waals surface area contributed by atoms with Gasteiger partial charge in [0.15, 0.2) is 0 Å². The Morgan fingerprint density at radius 3 is 1.82 bits per heavy atom. The van der Waals surface area contributed by atoms with Crippen molar-refractivity contribution in [2.75, 3.05) is 33.1 Å². The van der Waals surface area contributed by atoms with Crippen molar-refractivity contribution in [3.63, 3.8) is 0 Å². The van der Waals surface area contributed by atoms with Gasteiger partial charge in [0.25, 0.3) is 0 Å². The molecule has 10 heteroatoms. The summed E-state index contributed by atoms with van der Waals surface area (Å²) in [5, 5.41) is 27.0. The first kappa shape index (κ1) is 18.0. The highest BCUT2D eigenvalue weighted by Crippen LogP contribution is 2.14. The number of carboxylic acids is 3. The first-order valence-electron chi connectivity index (χ1n) is 6.62. The Labute approximate surface area is 126 Å². The molecule has 1 rings (SSSR count). The number of carbonyl (C=O) groups excluding carboxylic acids is 1. The number of nitrogens with zero attached hydrogens (tertiary/aromatic N) is 3. The molecule has 1 fully saturated rings. The fourth-order valence-electron chi connectivity index (χ4n) is 2.40. The van der Waals surface area contributed by atoms with Gasteiger partial charge in [-0.05, 0) is 6.42 Å². The highest BCUT2D eigenvalue weighted by atomic mass is 16.4. The van der Waals surface area contributed by atoms with Crippen LogP contribution in [0, 0.1) is 0 Å². The zero-order valence-corrected chi connectivity index (χ0v) is 11.9. The van der Waals surface area contributed by atoms with Crippen LogP contribution in [0.2, 0.25) is 0 Å². The average Bonchev–Trinajstić information content (AvgIpc) is 2.36. The summed E-state index contributed by atoms with van der Waals surface area (Å²) in [5.41, 5.74) is 0. The van der Waals surface area contributed by atoms with Gasteiger partial charge in [0.1, 0.15) is 12.3 Å². The van der Waals surface area contributed by atoms with Crippen molar-refractivity contribution < 1.29 is 34.5 Å². The summed E-state index contributed by atoms with van der Waals surface area (Å²) in [6.07, 6.45) is 0.760. The van der Waals surface area contributed by atoms with Crippen LogP contribution < -0.4 is 0 Å². The predicted molar refractivity (Wildman–Crippen MR) is 71.8 cm³/mol. The van der Waals surface area contributed by atoms with Gasteiger partial charge in [-0.15, -0.1) is 0 Å². The monoisotopic (exact) mass is 317 g/mol. The van der Waals surface area contributed by atoms with Gasteiger partial charge in [-0.2, -0.15) is 0 Å². The number of aldehydes is 1. The van der Waals surface area contributed by atoms with E-state index >= 15 is 0 Å². The van der Waals surface area contributed by atoms with Crippen molar-refractivity contribution in [2.24, 2.45) is 0 Å². The van der Waals surface area contributed by atoms with Crippen LogP contribution in [0.5, 0.6) is 0 Å². The van der Waals surface area contributed by atoms with Crippen LogP contribution >= 0.6 is 0 Å². The molecule has 0 spiro atoms. The third-order valence-corrected chi connectivity index (χ3v) is 3.16. The van der Waals surface area contributed by atoms with Gasteiger partial charge < -0.3 is 20.1 Å². The maximum absolute atomic E-state index is 11.3. The van der Waals surface area contributed by atoms with E-state index in [9.17, 15) is 24.3 Å². The Hall–Kier alpha value is -2.04. The number of hydrogen-bond acceptors (Lipinski definition) is 7. The van der Waals surface area contributed by atoms with E-state index in [1.807, 2.05) is 0 Å². The van der Waals surface area contributed by atoms with Crippen molar-refractivity contribution in [1.29, 1.82) is 0 Å². The fourth-order valence-corrected chi connectivity index (χ4v) is 2.40. The lowest BCUT2D eigenvalue weighted by atomic mass is 10.1. The molecule has 0 saturated carbocycles. The lowest BCUT2D eigenvalue weighted by Gasteiger charge is -2.43. The molecule has 0 radical (unpaired) electrons. The van der Waals surface area contributed by atoms with Gasteiger partial charge in [-0.3, -0.25) is 29.1 Å². The van der Waals surface area contributed by atoms with Gasteiger partial charge in [-0.25, -0.2) is 0 Å². The summed E-state index contributed by atoms with van der Waals surface area (Å²) in [6, 6.07) is -0.974. The summed E-state index contributed by atoms with van der Waals surface area (Å²) in [4.78, 5) is 47.8. The van der Waals surface area contributed by atoms with Crippen molar-refractivity contribution in [3.05, 3.63) is 0 Å². The molecule has 0 bridgehead atoms. The molecule has 1 aliphatic heterocycles. The molecular formula is C12H19N3O7. The minimum absolute atomic E-state index is 0.0608. The third-order valence-electron chi connectivity index (χ3n) is 3.16. The highest BCUT2D eigenvalue weighted by Gasteiger charge is 2.33. The standard InChI is InChI=1S/C12H19N3O7/c16-3-1-2-9(12(21)22)15-7-13(4-10(17)18)6-14(8-15)5-11(19)20/h3,9H,1-2,4-8H2,(H,17,18)(H,19,20)(H,21,22). The second-order valence-electron chi connectivity index (χ2n) is 5.06. The molecule has 0 aromatic carbocycles. The van der Waals surface area contributed by atoms with Crippen molar-refractivity contribution in [2.45, 2.75) is 18.9 Å². The lowest BCUT2D eigenvalue weighted by molar-refractivity contribution is -0.153. The molecule has 1 unspecified atom stereocenters. The van der Waals surface area contributed by atoms with E-state index in [-0.39, 0.29) is 45.9 Å². The number of rotatable bonds is 9. The van der Waals surface area contributed by atoms with Crippen molar-refractivity contribution >= 4 is 24.2 Å². The first-order chi connectivity index (χ1) is 10.3. The highest BCUT2D eigenvalue weighted by molar-refractivity contribution is 5.74. The SMILES string of the molecule is O=CCCC(C(=O)O)N1CN(CC(=O)O)CN(CC(=O)O)C1. The molecule has 1 aliphatic rings. The van der Waals surface area contributed by atoms with Crippen LogP contribution in [0.3, 0.4) is 0 Å².